The van der Waals surface area contributed by atoms with Crippen molar-refractivity contribution in [3.05, 3.63) is 95.8 Å². The minimum atomic E-state index is 0.0994. The summed E-state index contributed by atoms with van der Waals surface area (Å²) >= 11 is 0. The van der Waals surface area contributed by atoms with Crippen molar-refractivity contribution >= 4 is 0 Å². The first-order valence-electron chi connectivity index (χ1n) is 7.07. The maximum atomic E-state index is 10.2. The van der Waals surface area contributed by atoms with Gasteiger partial charge in [-0.25, -0.2) is 0 Å². The molecule has 0 amide bonds. The number of para-hydroxylation sites is 1. The van der Waals surface area contributed by atoms with Crippen molar-refractivity contribution in [2.45, 2.75) is 12.3 Å². The zero-order chi connectivity index (χ0) is 14.5. The van der Waals surface area contributed by atoms with Crippen LogP contribution in [0.3, 0.4) is 0 Å². The normalized spacial score (nSPS) is 12.0. The number of aromatic hydroxyl groups is 1. The lowest BCUT2D eigenvalue weighted by Gasteiger charge is -2.19. The Morgan fingerprint density at radius 3 is 2.24 bits per heavy atom. The highest BCUT2D eigenvalue weighted by Gasteiger charge is 2.18. The van der Waals surface area contributed by atoms with E-state index in [1.165, 1.54) is 5.56 Å². The van der Waals surface area contributed by atoms with Gasteiger partial charge in [-0.05, 0) is 23.8 Å². The molecule has 21 heavy (non-hydrogen) atoms. The molecule has 0 aliphatic rings. The molecule has 0 saturated carbocycles. The van der Waals surface area contributed by atoms with E-state index in [9.17, 15) is 5.11 Å². The molecule has 0 aliphatic carbocycles. The Hall–Kier alpha value is -2.61. The molecule has 2 heteroatoms. The molecule has 1 heterocycles. The minimum absolute atomic E-state index is 0.0994. The van der Waals surface area contributed by atoms with E-state index in [2.05, 4.69) is 17.1 Å². The molecule has 0 bridgehead atoms. The second kappa shape index (κ2) is 6.23. The van der Waals surface area contributed by atoms with E-state index in [0.29, 0.717) is 5.75 Å². The van der Waals surface area contributed by atoms with E-state index >= 15 is 0 Å². The topological polar surface area (TPSA) is 33.1 Å². The fraction of sp³-hybridized carbons (Fsp3) is 0.105. The highest BCUT2D eigenvalue weighted by molar-refractivity contribution is 5.42. The van der Waals surface area contributed by atoms with Gasteiger partial charge in [-0.2, -0.15) is 0 Å². The molecule has 1 unspecified atom stereocenters. The number of phenols is 1. The van der Waals surface area contributed by atoms with Crippen molar-refractivity contribution in [1.82, 2.24) is 4.98 Å². The summed E-state index contributed by atoms with van der Waals surface area (Å²) < 4.78 is 0. The van der Waals surface area contributed by atoms with Crippen LogP contribution in [0.1, 0.15) is 22.7 Å². The summed E-state index contributed by atoms with van der Waals surface area (Å²) in [6.07, 6.45) is 2.57. The molecule has 0 spiro atoms. The fourth-order valence-electron chi connectivity index (χ4n) is 2.60. The minimum Gasteiger partial charge on any atom is -0.508 e. The third-order valence-corrected chi connectivity index (χ3v) is 3.65. The van der Waals surface area contributed by atoms with Crippen LogP contribution in [-0.4, -0.2) is 10.1 Å². The molecule has 2 nitrogen and oxygen atoms in total. The Morgan fingerprint density at radius 1 is 0.810 bits per heavy atom. The van der Waals surface area contributed by atoms with E-state index in [-0.39, 0.29) is 5.92 Å². The average molecular weight is 275 g/mol. The SMILES string of the molecule is Oc1ccccc1C(Cc1ccccn1)c1ccccc1. The van der Waals surface area contributed by atoms with Gasteiger partial charge in [0, 0.05) is 29.8 Å². The monoisotopic (exact) mass is 275 g/mol. The lowest BCUT2D eigenvalue weighted by Crippen LogP contribution is -2.06. The Kier molecular flexibility index (Phi) is 3.97. The number of aromatic nitrogens is 1. The van der Waals surface area contributed by atoms with Crippen molar-refractivity contribution < 1.29 is 5.11 Å². The summed E-state index contributed by atoms with van der Waals surface area (Å²) in [5, 5.41) is 10.2. The Labute approximate surface area is 124 Å². The Morgan fingerprint density at radius 2 is 1.52 bits per heavy atom. The smallest absolute Gasteiger partial charge is 0.119 e. The van der Waals surface area contributed by atoms with Gasteiger partial charge in [-0.3, -0.25) is 4.98 Å². The Balaban J connectivity index is 2.02. The maximum absolute atomic E-state index is 10.2. The van der Waals surface area contributed by atoms with Crippen LogP contribution >= 0.6 is 0 Å². The number of pyridine rings is 1. The van der Waals surface area contributed by atoms with Crippen LogP contribution in [0.4, 0.5) is 0 Å². The van der Waals surface area contributed by atoms with Gasteiger partial charge in [0.15, 0.2) is 0 Å². The molecule has 0 saturated heterocycles. The first kappa shape index (κ1) is 13.4. The second-order valence-electron chi connectivity index (χ2n) is 5.05. The zero-order valence-electron chi connectivity index (χ0n) is 11.7. The standard InChI is InChI=1S/C19H17NO/c21-19-12-5-4-11-17(19)18(15-8-2-1-3-9-15)14-16-10-6-7-13-20-16/h1-13,18,21H,14H2. The van der Waals surface area contributed by atoms with E-state index in [4.69, 9.17) is 0 Å². The number of benzene rings is 2. The highest BCUT2D eigenvalue weighted by Crippen LogP contribution is 2.33. The van der Waals surface area contributed by atoms with Gasteiger partial charge >= 0.3 is 0 Å². The summed E-state index contributed by atoms with van der Waals surface area (Å²) in [5.41, 5.74) is 3.15. The van der Waals surface area contributed by atoms with Gasteiger partial charge in [0.05, 0.1) is 0 Å². The third kappa shape index (κ3) is 3.11. The van der Waals surface area contributed by atoms with Crippen molar-refractivity contribution in [1.29, 1.82) is 0 Å². The maximum Gasteiger partial charge on any atom is 0.119 e. The van der Waals surface area contributed by atoms with Crippen molar-refractivity contribution in [3.63, 3.8) is 0 Å². The Bertz CT molecular complexity index is 695. The first-order chi connectivity index (χ1) is 10.3. The summed E-state index contributed by atoms with van der Waals surface area (Å²) in [6.45, 7) is 0. The number of phenolic OH excluding ortho intramolecular Hbond substituents is 1. The second-order valence-corrected chi connectivity index (χ2v) is 5.05. The van der Waals surface area contributed by atoms with Gasteiger partial charge in [0.2, 0.25) is 0 Å². The lowest BCUT2D eigenvalue weighted by molar-refractivity contribution is 0.464. The van der Waals surface area contributed by atoms with Crippen molar-refractivity contribution in [3.8, 4) is 5.75 Å². The summed E-state index contributed by atoms with van der Waals surface area (Å²) in [5.74, 6) is 0.435. The van der Waals surface area contributed by atoms with Gasteiger partial charge in [0.1, 0.15) is 5.75 Å². The van der Waals surface area contributed by atoms with Gasteiger partial charge in [-0.15, -0.1) is 0 Å². The molecule has 1 N–H and O–H groups in total. The van der Waals surface area contributed by atoms with E-state index in [1.807, 2.05) is 60.8 Å². The molecule has 1 aromatic heterocycles. The summed E-state index contributed by atoms with van der Waals surface area (Å²) in [6, 6.07) is 23.7. The lowest BCUT2D eigenvalue weighted by atomic mass is 9.87. The molecule has 1 atom stereocenters. The number of hydrogen-bond acceptors (Lipinski definition) is 2. The largest absolute Gasteiger partial charge is 0.508 e. The van der Waals surface area contributed by atoms with Gasteiger partial charge < -0.3 is 5.11 Å². The van der Waals surface area contributed by atoms with E-state index in [1.54, 1.807) is 6.07 Å². The van der Waals surface area contributed by atoms with Crippen LogP contribution in [0.5, 0.6) is 5.75 Å². The summed E-state index contributed by atoms with van der Waals surface area (Å²) in [7, 11) is 0. The molecule has 0 radical (unpaired) electrons. The average Bonchev–Trinajstić information content (AvgIpc) is 2.55. The predicted molar refractivity (Wildman–Crippen MR) is 84.3 cm³/mol. The molecule has 0 fully saturated rings. The fourth-order valence-corrected chi connectivity index (χ4v) is 2.60. The molecule has 2 aromatic carbocycles. The third-order valence-electron chi connectivity index (χ3n) is 3.65. The summed E-state index contributed by atoms with van der Waals surface area (Å²) in [4.78, 5) is 4.42. The highest BCUT2D eigenvalue weighted by atomic mass is 16.3. The molecule has 3 rings (SSSR count). The van der Waals surface area contributed by atoms with Crippen molar-refractivity contribution in [2.24, 2.45) is 0 Å². The van der Waals surface area contributed by atoms with E-state index < -0.39 is 0 Å². The van der Waals surface area contributed by atoms with E-state index in [0.717, 1.165) is 17.7 Å². The molecular weight excluding hydrogens is 258 g/mol. The first-order valence-corrected chi connectivity index (χ1v) is 7.07. The number of nitrogens with zero attached hydrogens (tertiary/aromatic N) is 1. The number of rotatable bonds is 4. The van der Waals surface area contributed by atoms with Gasteiger partial charge in [0.25, 0.3) is 0 Å². The van der Waals surface area contributed by atoms with Gasteiger partial charge in [-0.1, -0.05) is 54.6 Å². The molecule has 3 aromatic rings. The van der Waals surface area contributed by atoms with Crippen LogP contribution in [-0.2, 0) is 6.42 Å². The van der Waals surface area contributed by atoms with Crippen LogP contribution in [0, 0.1) is 0 Å². The van der Waals surface area contributed by atoms with Crippen LogP contribution < -0.4 is 0 Å². The zero-order valence-corrected chi connectivity index (χ0v) is 11.7. The van der Waals surface area contributed by atoms with Crippen molar-refractivity contribution in [2.75, 3.05) is 0 Å². The van der Waals surface area contributed by atoms with Crippen LogP contribution in [0.15, 0.2) is 79.0 Å². The molecular formula is C19H17NO. The molecule has 0 aliphatic heterocycles. The quantitative estimate of drug-likeness (QED) is 0.775. The molecule has 104 valence electrons. The predicted octanol–water partition coefficient (Wildman–Crippen LogP) is 4.16. The van der Waals surface area contributed by atoms with Crippen LogP contribution in [0.2, 0.25) is 0 Å². The number of hydrogen-bond donors (Lipinski definition) is 1. The van der Waals surface area contributed by atoms with Crippen LogP contribution in [0.25, 0.3) is 0 Å².